The van der Waals surface area contributed by atoms with E-state index >= 15 is 0 Å². The first-order valence-electron chi connectivity index (χ1n) is 9.05. The van der Waals surface area contributed by atoms with Crippen LogP contribution in [0.3, 0.4) is 0 Å². The summed E-state index contributed by atoms with van der Waals surface area (Å²) in [7, 11) is 0. The van der Waals surface area contributed by atoms with Crippen molar-refractivity contribution in [3.63, 3.8) is 0 Å². The smallest absolute Gasteiger partial charge is 0.229 e. The molecule has 5 rings (SSSR count). The van der Waals surface area contributed by atoms with Crippen LogP contribution >= 0.6 is 0 Å². The van der Waals surface area contributed by atoms with Crippen LogP contribution in [0, 0.1) is 6.92 Å². The third-order valence-corrected chi connectivity index (χ3v) is 4.98. The van der Waals surface area contributed by atoms with Gasteiger partial charge in [0.1, 0.15) is 5.82 Å². The lowest BCUT2D eigenvalue weighted by Crippen LogP contribution is -2.08. The summed E-state index contributed by atoms with van der Waals surface area (Å²) in [4.78, 5) is 12.3. The number of nitrogens with zero attached hydrogens (tertiary/aromatic N) is 3. The van der Waals surface area contributed by atoms with E-state index in [1.165, 1.54) is 10.9 Å². The molecule has 0 atom stereocenters. The Hall–Kier alpha value is -3.87. The average molecular weight is 369 g/mol. The number of aromatic amines is 2. The van der Waals surface area contributed by atoms with Crippen molar-refractivity contribution in [3.8, 4) is 0 Å². The van der Waals surface area contributed by atoms with E-state index < -0.39 is 0 Å². The van der Waals surface area contributed by atoms with Crippen molar-refractivity contribution in [2.75, 3.05) is 11.1 Å². The maximum Gasteiger partial charge on any atom is 0.229 e. The standard InChI is InChI=1S/C21H19N7/c1-12-15(10-13-5-6-17-14(9-13)7-8-23-17)20(22)27-21(25-12)26-18-3-2-4-19-16(18)11-24-28-19/h2-9,11,23H,10H2,1H3,(H,24,28)(H3,22,25,26,27). The molecule has 2 aromatic carbocycles. The second-order valence-electron chi connectivity index (χ2n) is 6.83. The van der Waals surface area contributed by atoms with Gasteiger partial charge in [0.2, 0.25) is 5.95 Å². The van der Waals surface area contributed by atoms with Gasteiger partial charge in [0, 0.05) is 34.8 Å². The van der Waals surface area contributed by atoms with Crippen molar-refractivity contribution >= 4 is 39.3 Å². The molecular weight excluding hydrogens is 350 g/mol. The van der Waals surface area contributed by atoms with Crippen LogP contribution in [0.4, 0.5) is 17.5 Å². The molecule has 0 radical (unpaired) electrons. The number of rotatable bonds is 4. The molecule has 0 aliphatic rings. The lowest BCUT2D eigenvalue weighted by molar-refractivity contribution is 1.03. The van der Waals surface area contributed by atoms with Crippen LogP contribution in [0.15, 0.2) is 54.9 Å². The molecule has 5 aromatic rings. The molecule has 3 aromatic heterocycles. The molecule has 0 saturated carbocycles. The van der Waals surface area contributed by atoms with Gasteiger partial charge in [0.25, 0.3) is 0 Å². The highest BCUT2D eigenvalue weighted by Crippen LogP contribution is 2.26. The predicted molar refractivity (Wildman–Crippen MR) is 112 cm³/mol. The molecule has 5 N–H and O–H groups in total. The van der Waals surface area contributed by atoms with Gasteiger partial charge in [-0.05, 0) is 48.2 Å². The van der Waals surface area contributed by atoms with Crippen LogP contribution in [0.1, 0.15) is 16.8 Å². The molecule has 7 heteroatoms. The van der Waals surface area contributed by atoms with Gasteiger partial charge in [0.05, 0.1) is 17.4 Å². The van der Waals surface area contributed by atoms with E-state index in [0.29, 0.717) is 18.2 Å². The fourth-order valence-electron chi connectivity index (χ4n) is 3.51. The van der Waals surface area contributed by atoms with Crippen molar-refractivity contribution in [1.29, 1.82) is 0 Å². The Morgan fingerprint density at radius 3 is 2.89 bits per heavy atom. The Labute approximate surface area is 161 Å². The van der Waals surface area contributed by atoms with Crippen LogP contribution in [0.5, 0.6) is 0 Å². The lowest BCUT2D eigenvalue weighted by atomic mass is 10.0. The highest BCUT2D eigenvalue weighted by Gasteiger charge is 2.12. The quantitative estimate of drug-likeness (QED) is 0.382. The molecule has 138 valence electrons. The maximum atomic E-state index is 6.29. The molecule has 0 amide bonds. The summed E-state index contributed by atoms with van der Waals surface area (Å²) in [6.45, 7) is 1.96. The first kappa shape index (κ1) is 16.3. The Bertz CT molecular complexity index is 1280. The average Bonchev–Trinajstić information content (AvgIpc) is 3.34. The number of aryl methyl sites for hydroxylation is 1. The molecule has 3 heterocycles. The third-order valence-electron chi connectivity index (χ3n) is 4.98. The molecule has 0 fully saturated rings. The van der Waals surface area contributed by atoms with Gasteiger partial charge in [-0.2, -0.15) is 10.1 Å². The van der Waals surface area contributed by atoms with Crippen LogP contribution < -0.4 is 11.1 Å². The summed E-state index contributed by atoms with van der Waals surface area (Å²) < 4.78 is 0. The van der Waals surface area contributed by atoms with E-state index in [0.717, 1.165) is 33.4 Å². The van der Waals surface area contributed by atoms with Crippen molar-refractivity contribution < 1.29 is 0 Å². The van der Waals surface area contributed by atoms with Crippen LogP contribution in [0.2, 0.25) is 0 Å². The number of hydrogen-bond acceptors (Lipinski definition) is 5. The van der Waals surface area contributed by atoms with Crippen LogP contribution in [-0.2, 0) is 6.42 Å². The lowest BCUT2D eigenvalue weighted by Gasteiger charge is -2.12. The van der Waals surface area contributed by atoms with E-state index in [9.17, 15) is 0 Å². The molecule has 0 aliphatic carbocycles. The molecule has 0 spiro atoms. The largest absolute Gasteiger partial charge is 0.383 e. The molecular formula is C21H19N7. The number of hydrogen-bond donors (Lipinski definition) is 4. The van der Waals surface area contributed by atoms with Crippen LogP contribution in [0.25, 0.3) is 21.8 Å². The molecule has 0 aliphatic heterocycles. The fourth-order valence-corrected chi connectivity index (χ4v) is 3.51. The van der Waals surface area contributed by atoms with E-state index in [-0.39, 0.29) is 0 Å². The van der Waals surface area contributed by atoms with E-state index in [2.05, 4.69) is 54.7 Å². The van der Waals surface area contributed by atoms with Gasteiger partial charge in [-0.3, -0.25) is 5.10 Å². The molecule has 0 unspecified atom stereocenters. The Morgan fingerprint density at radius 2 is 2.00 bits per heavy atom. The van der Waals surface area contributed by atoms with E-state index in [1.54, 1.807) is 6.20 Å². The van der Waals surface area contributed by atoms with Crippen molar-refractivity contribution in [1.82, 2.24) is 25.1 Å². The number of nitrogens with one attached hydrogen (secondary N) is 3. The van der Waals surface area contributed by atoms with Crippen molar-refractivity contribution in [3.05, 3.63) is 71.7 Å². The summed E-state index contributed by atoms with van der Waals surface area (Å²) in [5, 5.41) is 12.5. The van der Waals surface area contributed by atoms with Crippen molar-refractivity contribution in [2.24, 2.45) is 0 Å². The fraction of sp³-hybridized carbons (Fsp3) is 0.0952. The monoisotopic (exact) mass is 369 g/mol. The van der Waals surface area contributed by atoms with Gasteiger partial charge in [-0.1, -0.05) is 12.1 Å². The van der Waals surface area contributed by atoms with Gasteiger partial charge in [-0.25, -0.2) is 4.98 Å². The molecule has 0 bridgehead atoms. The first-order chi connectivity index (χ1) is 13.7. The molecule has 7 nitrogen and oxygen atoms in total. The first-order valence-corrected chi connectivity index (χ1v) is 9.05. The Kier molecular flexibility index (Phi) is 3.72. The third kappa shape index (κ3) is 2.83. The summed E-state index contributed by atoms with van der Waals surface area (Å²) in [5.41, 5.74) is 12.2. The van der Waals surface area contributed by atoms with Gasteiger partial charge in [-0.15, -0.1) is 0 Å². The second kappa shape index (κ2) is 6.38. The SMILES string of the molecule is Cc1nc(Nc2cccc3[nH]ncc23)nc(N)c1Cc1ccc2[nH]ccc2c1. The number of benzene rings is 2. The Morgan fingerprint density at radius 1 is 1.07 bits per heavy atom. The minimum Gasteiger partial charge on any atom is -0.383 e. The molecule has 28 heavy (non-hydrogen) atoms. The zero-order valence-corrected chi connectivity index (χ0v) is 15.3. The number of nitrogen functional groups attached to an aromatic ring is 1. The predicted octanol–water partition coefficient (Wildman–Crippen LogP) is 4.06. The van der Waals surface area contributed by atoms with Crippen LogP contribution in [-0.4, -0.2) is 25.1 Å². The zero-order chi connectivity index (χ0) is 19.1. The highest BCUT2D eigenvalue weighted by molar-refractivity contribution is 5.92. The zero-order valence-electron chi connectivity index (χ0n) is 15.3. The minimum absolute atomic E-state index is 0.480. The molecule has 0 saturated heterocycles. The number of H-pyrrole nitrogens is 2. The van der Waals surface area contributed by atoms with Gasteiger partial charge >= 0.3 is 0 Å². The van der Waals surface area contributed by atoms with Gasteiger partial charge in [0.15, 0.2) is 0 Å². The normalized spacial score (nSPS) is 11.3. The topological polar surface area (TPSA) is 108 Å². The van der Waals surface area contributed by atoms with Crippen molar-refractivity contribution in [2.45, 2.75) is 13.3 Å². The van der Waals surface area contributed by atoms with E-state index in [1.807, 2.05) is 31.3 Å². The summed E-state index contributed by atoms with van der Waals surface area (Å²) >= 11 is 0. The number of anilines is 3. The van der Waals surface area contributed by atoms with Gasteiger partial charge < -0.3 is 16.0 Å². The second-order valence-corrected chi connectivity index (χ2v) is 6.83. The summed E-state index contributed by atoms with van der Waals surface area (Å²) in [6, 6.07) is 14.3. The maximum absolute atomic E-state index is 6.29. The number of aromatic nitrogens is 5. The highest BCUT2D eigenvalue weighted by atomic mass is 15.1. The van der Waals surface area contributed by atoms with E-state index in [4.69, 9.17) is 5.73 Å². The number of fused-ring (bicyclic) bond motifs is 2. The summed E-state index contributed by atoms with van der Waals surface area (Å²) in [6.07, 6.45) is 4.41. The summed E-state index contributed by atoms with van der Waals surface area (Å²) in [5.74, 6) is 0.970. The minimum atomic E-state index is 0.480. The number of nitrogens with two attached hydrogens (primary N) is 1. The Balaban J connectivity index is 1.45.